The van der Waals surface area contributed by atoms with Crippen LogP contribution in [0, 0.1) is 5.41 Å². The molecule has 2 fully saturated rings. The number of carbonyl (C=O) groups excluding carboxylic acids is 1. The number of alkyl halides is 3. The van der Waals surface area contributed by atoms with E-state index in [9.17, 15) is 22.8 Å². The Morgan fingerprint density at radius 3 is 2.10 bits per heavy atom. The Kier molecular flexibility index (Phi) is 12.5. The van der Waals surface area contributed by atoms with Crippen LogP contribution in [0.1, 0.15) is 101 Å². The third kappa shape index (κ3) is 8.48. The van der Waals surface area contributed by atoms with Crippen LogP contribution in [0.4, 0.5) is 23.7 Å². The van der Waals surface area contributed by atoms with E-state index < -0.39 is 17.7 Å². The fourth-order valence-electron chi connectivity index (χ4n) is 5.49. The first-order chi connectivity index (χ1) is 19.0. The standard InChI is InChI=1S/C15H23N3O3.C13H16F3N.C2H6/c1-3-6-15(4-2)7-10-17(11-8-15)14(21)18-9-5-12(16-18)13(19)20;1-2-10-9-11(17-7-3-4-8-17)5-6-12(10)13(14,15)16;1-2/h5,9H,3-4,6-8,10-11H2,1-2H3,(H,19,20);5-6,9H,2-4,7-8H2,1H3;1-2H3. The Hall–Kier alpha value is -3.04. The van der Waals surface area contributed by atoms with Crippen molar-refractivity contribution in [3.05, 3.63) is 47.3 Å². The molecule has 1 amide bonds. The van der Waals surface area contributed by atoms with Crippen molar-refractivity contribution >= 4 is 17.7 Å². The molecule has 40 heavy (non-hydrogen) atoms. The predicted molar refractivity (Wildman–Crippen MR) is 152 cm³/mol. The summed E-state index contributed by atoms with van der Waals surface area (Å²) in [5.41, 5.74) is 1.08. The van der Waals surface area contributed by atoms with Gasteiger partial charge in [0.15, 0.2) is 5.69 Å². The Morgan fingerprint density at radius 2 is 1.62 bits per heavy atom. The van der Waals surface area contributed by atoms with Crippen LogP contribution >= 0.6 is 0 Å². The number of nitrogens with zero attached hydrogens (tertiary/aromatic N) is 4. The van der Waals surface area contributed by atoms with Crippen molar-refractivity contribution in [2.24, 2.45) is 5.41 Å². The van der Waals surface area contributed by atoms with Gasteiger partial charge in [-0.2, -0.15) is 23.0 Å². The molecule has 224 valence electrons. The number of carboxylic acid groups (broad SMARTS) is 1. The summed E-state index contributed by atoms with van der Waals surface area (Å²) in [4.78, 5) is 27.1. The van der Waals surface area contributed by atoms with Crippen molar-refractivity contribution < 1.29 is 27.9 Å². The molecule has 2 aromatic rings. The molecule has 2 aliphatic heterocycles. The molecular formula is C30H45F3N4O3. The molecule has 3 heterocycles. The van der Waals surface area contributed by atoms with E-state index >= 15 is 0 Å². The van der Waals surface area contributed by atoms with Crippen LogP contribution in [0.3, 0.4) is 0 Å². The van der Waals surface area contributed by atoms with E-state index in [1.807, 2.05) is 13.8 Å². The summed E-state index contributed by atoms with van der Waals surface area (Å²) in [5.74, 6) is -1.12. The third-order valence-corrected chi connectivity index (χ3v) is 7.88. The number of anilines is 1. The lowest BCUT2D eigenvalue weighted by Gasteiger charge is -2.41. The zero-order chi connectivity index (χ0) is 29.9. The molecule has 1 N–H and O–H groups in total. The summed E-state index contributed by atoms with van der Waals surface area (Å²) in [5, 5.41) is 12.7. The highest BCUT2D eigenvalue weighted by Crippen LogP contribution is 2.39. The molecule has 0 aliphatic carbocycles. The smallest absolute Gasteiger partial charge is 0.416 e. The Morgan fingerprint density at radius 1 is 1.00 bits per heavy atom. The van der Waals surface area contributed by atoms with E-state index in [1.165, 1.54) is 31.2 Å². The quantitative estimate of drug-likeness (QED) is 0.387. The number of rotatable bonds is 6. The number of aromatic nitrogens is 2. The van der Waals surface area contributed by atoms with Gasteiger partial charge in [-0.25, -0.2) is 9.59 Å². The maximum Gasteiger partial charge on any atom is 0.416 e. The number of aryl methyl sites for hydroxylation is 1. The number of halogens is 3. The molecule has 0 bridgehead atoms. The second-order valence-corrected chi connectivity index (χ2v) is 10.2. The lowest BCUT2D eigenvalue weighted by Crippen LogP contribution is -2.44. The lowest BCUT2D eigenvalue weighted by atomic mass is 9.73. The predicted octanol–water partition coefficient (Wildman–Crippen LogP) is 7.74. The fraction of sp³-hybridized carbons (Fsp3) is 0.633. The highest BCUT2D eigenvalue weighted by Gasteiger charge is 2.35. The second-order valence-electron chi connectivity index (χ2n) is 10.2. The van der Waals surface area contributed by atoms with Gasteiger partial charge >= 0.3 is 18.2 Å². The van der Waals surface area contributed by atoms with E-state index in [4.69, 9.17) is 5.11 Å². The van der Waals surface area contributed by atoms with Crippen molar-refractivity contribution in [1.29, 1.82) is 0 Å². The van der Waals surface area contributed by atoms with Crippen LogP contribution in [0.15, 0.2) is 30.5 Å². The van der Waals surface area contributed by atoms with Gasteiger partial charge in [-0.3, -0.25) is 0 Å². The molecular weight excluding hydrogens is 521 g/mol. The largest absolute Gasteiger partial charge is 0.476 e. The fourth-order valence-corrected chi connectivity index (χ4v) is 5.49. The van der Waals surface area contributed by atoms with Crippen LogP contribution in [0.2, 0.25) is 0 Å². The van der Waals surface area contributed by atoms with Crippen LogP contribution in [-0.4, -0.2) is 58.0 Å². The van der Waals surface area contributed by atoms with Crippen molar-refractivity contribution in [3.8, 4) is 0 Å². The summed E-state index contributed by atoms with van der Waals surface area (Å²) in [6, 6.07) is 5.61. The summed E-state index contributed by atoms with van der Waals surface area (Å²) in [6.45, 7) is 13.5. The third-order valence-electron chi connectivity index (χ3n) is 7.88. The number of likely N-dealkylation sites (tertiary alicyclic amines) is 1. The number of benzene rings is 1. The monoisotopic (exact) mass is 566 g/mol. The number of hydrogen-bond acceptors (Lipinski definition) is 4. The van der Waals surface area contributed by atoms with Gasteiger partial charge < -0.3 is 14.9 Å². The van der Waals surface area contributed by atoms with Crippen molar-refractivity contribution in [2.45, 2.75) is 92.2 Å². The number of carboxylic acids is 1. The average Bonchev–Trinajstić information content (AvgIpc) is 3.67. The zero-order valence-corrected chi connectivity index (χ0v) is 24.6. The van der Waals surface area contributed by atoms with Gasteiger partial charge in [-0.05, 0) is 73.8 Å². The maximum atomic E-state index is 12.7. The normalized spacial score (nSPS) is 16.5. The molecule has 0 atom stereocenters. The number of aromatic carboxylic acids is 1. The van der Waals surface area contributed by atoms with E-state index in [0.29, 0.717) is 17.4 Å². The first kappa shape index (κ1) is 33.2. The molecule has 4 rings (SSSR count). The topological polar surface area (TPSA) is 78.7 Å². The SMILES string of the molecule is CC.CCCC1(CC)CCN(C(=O)n2ccc(C(=O)O)n2)CC1.CCc1cc(N2CCCC2)ccc1C(F)(F)F. The van der Waals surface area contributed by atoms with Gasteiger partial charge in [0.25, 0.3) is 0 Å². The molecule has 10 heteroatoms. The van der Waals surface area contributed by atoms with Crippen LogP contribution in [0.5, 0.6) is 0 Å². The number of carbonyl (C=O) groups is 2. The first-order valence-electron chi connectivity index (χ1n) is 14.6. The highest BCUT2D eigenvalue weighted by atomic mass is 19.4. The number of amides is 1. The average molecular weight is 567 g/mol. The van der Waals surface area contributed by atoms with Crippen LogP contribution in [-0.2, 0) is 12.6 Å². The van der Waals surface area contributed by atoms with Gasteiger partial charge in [0.05, 0.1) is 5.56 Å². The van der Waals surface area contributed by atoms with Crippen molar-refractivity contribution in [3.63, 3.8) is 0 Å². The van der Waals surface area contributed by atoms with Crippen LogP contribution < -0.4 is 4.90 Å². The second kappa shape index (κ2) is 15.1. The molecule has 0 radical (unpaired) electrons. The number of piperidine rings is 1. The highest BCUT2D eigenvalue weighted by molar-refractivity contribution is 5.86. The Bertz CT molecular complexity index is 1090. The minimum atomic E-state index is -4.24. The van der Waals surface area contributed by atoms with Gasteiger partial charge in [-0.1, -0.05) is 47.5 Å². The zero-order valence-electron chi connectivity index (χ0n) is 24.6. The molecule has 0 unspecified atom stereocenters. The van der Waals surface area contributed by atoms with Gasteiger partial charge in [-0.15, -0.1) is 0 Å². The Balaban J connectivity index is 0.000000269. The minimum absolute atomic E-state index is 0.103. The van der Waals surface area contributed by atoms with Crippen molar-refractivity contribution in [2.75, 3.05) is 31.1 Å². The van der Waals surface area contributed by atoms with Crippen LogP contribution in [0.25, 0.3) is 0 Å². The van der Waals surface area contributed by atoms with E-state index in [2.05, 4.69) is 23.8 Å². The van der Waals surface area contributed by atoms with E-state index in [-0.39, 0.29) is 11.7 Å². The summed E-state index contributed by atoms with van der Waals surface area (Å²) >= 11 is 0. The molecule has 1 aromatic heterocycles. The van der Waals surface area contributed by atoms with Gasteiger partial charge in [0, 0.05) is 38.1 Å². The van der Waals surface area contributed by atoms with Gasteiger partial charge in [0.2, 0.25) is 0 Å². The molecule has 0 spiro atoms. The van der Waals surface area contributed by atoms with E-state index in [0.717, 1.165) is 68.7 Å². The lowest BCUT2D eigenvalue weighted by molar-refractivity contribution is -0.138. The summed E-state index contributed by atoms with van der Waals surface area (Å²) < 4.78 is 39.3. The number of hydrogen-bond donors (Lipinski definition) is 1. The first-order valence-corrected chi connectivity index (χ1v) is 14.6. The molecule has 1 aromatic carbocycles. The summed E-state index contributed by atoms with van der Waals surface area (Å²) in [7, 11) is 0. The van der Waals surface area contributed by atoms with Crippen molar-refractivity contribution in [1.82, 2.24) is 14.7 Å². The maximum absolute atomic E-state index is 12.7. The molecule has 0 saturated carbocycles. The minimum Gasteiger partial charge on any atom is -0.476 e. The molecule has 2 aliphatic rings. The van der Waals surface area contributed by atoms with Gasteiger partial charge in [0.1, 0.15) is 0 Å². The molecule has 7 nitrogen and oxygen atoms in total. The molecule has 2 saturated heterocycles. The van der Waals surface area contributed by atoms with E-state index in [1.54, 1.807) is 24.0 Å². The summed E-state index contributed by atoms with van der Waals surface area (Å²) in [6.07, 6.45) is 5.38. The Labute approximate surface area is 236 Å².